The molecule has 0 amide bonds. The van der Waals surface area contributed by atoms with Crippen LogP contribution in [0.15, 0.2) is 22.7 Å². The highest BCUT2D eigenvalue weighted by molar-refractivity contribution is 9.10. The fourth-order valence-corrected chi connectivity index (χ4v) is 2.09. The topological polar surface area (TPSA) is 61.6 Å². The fraction of sp³-hybridized carbons (Fsp3) is 0.417. The first-order valence-electron chi connectivity index (χ1n) is 5.46. The molecule has 0 spiro atoms. The van der Waals surface area contributed by atoms with Gasteiger partial charge in [-0.25, -0.2) is 4.79 Å². The molecule has 0 aromatic heterocycles. The Kier molecular flexibility index (Phi) is 4.02. The van der Waals surface area contributed by atoms with Crippen molar-refractivity contribution in [2.24, 2.45) is 5.92 Å². The summed E-state index contributed by atoms with van der Waals surface area (Å²) in [7, 11) is 0. The van der Waals surface area contributed by atoms with Crippen molar-refractivity contribution < 1.29 is 14.3 Å². The lowest BCUT2D eigenvalue weighted by atomic mass is 10.1. The standard InChI is InChI=1S/C12H14BrNO3/c13-11-2-1-9(14)5-10(11)12(15)17-7-8-3-4-16-6-8/h1-2,5,8H,3-4,6-7,14H2. The van der Waals surface area contributed by atoms with E-state index in [2.05, 4.69) is 15.9 Å². The monoisotopic (exact) mass is 299 g/mol. The number of nitrogens with two attached hydrogens (primary N) is 1. The van der Waals surface area contributed by atoms with Gasteiger partial charge in [0.2, 0.25) is 0 Å². The molecule has 1 atom stereocenters. The van der Waals surface area contributed by atoms with Crippen LogP contribution in [0.1, 0.15) is 16.8 Å². The van der Waals surface area contributed by atoms with Gasteiger partial charge in [-0.1, -0.05) is 0 Å². The van der Waals surface area contributed by atoms with Crippen LogP contribution < -0.4 is 5.73 Å². The van der Waals surface area contributed by atoms with E-state index in [1.807, 2.05) is 0 Å². The number of hydrogen-bond donors (Lipinski definition) is 1. The average Bonchev–Trinajstić information content (AvgIpc) is 2.82. The van der Waals surface area contributed by atoms with Gasteiger partial charge in [0.25, 0.3) is 0 Å². The molecular weight excluding hydrogens is 286 g/mol. The highest BCUT2D eigenvalue weighted by atomic mass is 79.9. The van der Waals surface area contributed by atoms with E-state index in [0.29, 0.717) is 34.9 Å². The first-order chi connectivity index (χ1) is 8.16. The molecule has 0 bridgehead atoms. The molecule has 0 radical (unpaired) electrons. The Bertz CT molecular complexity index is 416. The molecule has 1 fully saturated rings. The zero-order valence-electron chi connectivity index (χ0n) is 9.32. The summed E-state index contributed by atoms with van der Waals surface area (Å²) in [6.45, 7) is 1.83. The molecule has 0 aliphatic carbocycles. The Morgan fingerprint density at radius 3 is 3.12 bits per heavy atom. The van der Waals surface area contributed by atoms with Crippen molar-refractivity contribution in [2.45, 2.75) is 6.42 Å². The summed E-state index contributed by atoms with van der Waals surface area (Å²) in [6, 6.07) is 5.08. The summed E-state index contributed by atoms with van der Waals surface area (Å²) >= 11 is 3.30. The molecule has 1 heterocycles. The molecule has 1 saturated heterocycles. The Balaban J connectivity index is 1.96. The zero-order chi connectivity index (χ0) is 12.3. The highest BCUT2D eigenvalue weighted by Gasteiger charge is 2.19. The van der Waals surface area contributed by atoms with Crippen molar-refractivity contribution in [1.82, 2.24) is 0 Å². The van der Waals surface area contributed by atoms with Gasteiger partial charge in [0.15, 0.2) is 0 Å². The van der Waals surface area contributed by atoms with Crippen molar-refractivity contribution in [3.05, 3.63) is 28.2 Å². The highest BCUT2D eigenvalue weighted by Crippen LogP contribution is 2.21. The van der Waals surface area contributed by atoms with Gasteiger partial charge in [-0.3, -0.25) is 0 Å². The maximum Gasteiger partial charge on any atom is 0.339 e. The molecule has 17 heavy (non-hydrogen) atoms. The number of halogens is 1. The second-order valence-corrected chi connectivity index (χ2v) is 4.92. The van der Waals surface area contributed by atoms with Crippen LogP contribution >= 0.6 is 15.9 Å². The molecule has 1 unspecified atom stereocenters. The molecule has 1 aromatic carbocycles. The van der Waals surface area contributed by atoms with Crippen molar-refractivity contribution >= 4 is 27.6 Å². The van der Waals surface area contributed by atoms with Crippen molar-refractivity contribution in [2.75, 3.05) is 25.6 Å². The number of nitrogen functional groups attached to an aromatic ring is 1. The minimum Gasteiger partial charge on any atom is -0.462 e. The van der Waals surface area contributed by atoms with Gasteiger partial charge < -0.3 is 15.2 Å². The third-order valence-electron chi connectivity index (χ3n) is 2.68. The number of rotatable bonds is 3. The van der Waals surface area contributed by atoms with Crippen LogP contribution in [0.4, 0.5) is 5.69 Å². The number of esters is 1. The Morgan fingerprint density at radius 1 is 1.59 bits per heavy atom. The van der Waals surface area contributed by atoms with Crippen LogP contribution in [0.3, 0.4) is 0 Å². The van der Waals surface area contributed by atoms with Crippen molar-refractivity contribution in [3.8, 4) is 0 Å². The SMILES string of the molecule is Nc1ccc(Br)c(C(=O)OCC2CCOC2)c1. The first kappa shape index (κ1) is 12.4. The lowest BCUT2D eigenvalue weighted by Crippen LogP contribution is -2.14. The Labute approximate surface area is 108 Å². The van der Waals surface area contributed by atoms with E-state index in [0.717, 1.165) is 13.0 Å². The van der Waals surface area contributed by atoms with Crippen LogP contribution in [0.25, 0.3) is 0 Å². The Morgan fingerprint density at radius 2 is 2.41 bits per heavy atom. The number of hydrogen-bond acceptors (Lipinski definition) is 4. The van der Waals surface area contributed by atoms with E-state index in [-0.39, 0.29) is 5.97 Å². The van der Waals surface area contributed by atoms with E-state index in [1.54, 1.807) is 18.2 Å². The van der Waals surface area contributed by atoms with Crippen molar-refractivity contribution in [3.63, 3.8) is 0 Å². The molecule has 92 valence electrons. The molecule has 2 N–H and O–H groups in total. The lowest BCUT2D eigenvalue weighted by molar-refractivity contribution is 0.0427. The Hall–Kier alpha value is -1.07. The van der Waals surface area contributed by atoms with Crippen LogP contribution in [0.5, 0.6) is 0 Å². The summed E-state index contributed by atoms with van der Waals surface area (Å²) in [5.41, 5.74) is 6.64. The van der Waals surface area contributed by atoms with Gasteiger partial charge >= 0.3 is 5.97 Å². The average molecular weight is 300 g/mol. The second-order valence-electron chi connectivity index (χ2n) is 4.07. The summed E-state index contributed by atoms with van der Waals surface area (Å²) < 4.78 is 11.2. The van der Waals surface area contributed by atoms with Crippen LogP contribution in [0.2, 0.25) is 0 Å². The normalized spacial score (nSPS) is 19.2. The summed E-state index contributed by atoms with van der Waals surface area (Å²) in [5, 5.41) is 0. The minimum absolute atomic E-state index is 0.318. The third-order valence-corrected chi connectivity index (χ3v) is 3.38. The van der Waals surface area contributed by atoms with Crippen LogP contribution in [-0.4, -0.2) is 25.8 Å². The molecule has 5 heteroatoms. The van der Waals surface area contributed by atoms with Gasteiger partial charge in [0.05, 0.1) is 18.8 Å². The van der Waals surface area contributed by atoms with E-state index in [4.69, 9.17) is 15.2 Å². The maximum atomic E-state index is 11.8. The molecule has 4 nitrogen and oxygen atoms in total. The van der Waals surface area contributed by atoms with Crippen LogP contribution in [0, 0.1) is 5.92 Å². The lowest BCUT2D eigenvalue weighted by Gasteiger charge is -2.10. The number of benzene rings is 1. The third kappa shape index (κ3) is 3.20. The number of carbonyl (C=O) groups excluding carboxylic acids is 1. The quantitative estimate of drug-likeness (QED) is 0.687. The molecule has 0 saturated carbocycles. The van der Waals surface area contributed by atoms with Gasteiger partial charge in [0, 0.05) is 22.7 Å². The predicted octanol–water partition coefficient (Wildman–Crippen LogP) is 2.22. The molecule has 1 aliphatic rings. The van der Waals surface area contributed by atoms with E-state index < -0.39 is 0 Å². The molecule has 1 aromatic rings. The van der Waals surface area contributed by atoms with Gasteiger partial charge in [0.1, 0.15) is 0 Å². The molecule has 1 aliphatic heterocycles. The summed E-state index contributed by atoms with van der Waals surface area (Å²) in [6.07, 6.45) is 0.950. The molecular formula is C12H14BrNO3. The van der Waals surface area contributed by atoms with E-state index in [1.165, 1.54) is 0 Å². The largest absolute Gasteiger partial charge is 0.462 e. The smallest absolute Gasteiger partial charge is 0.339 e. The maximum absolute atomic E-state index is 11.8. The predicted molar refractivity (Wildman–Crippen MR) is 67.8 cm³/mol. The van der Waals surface area contributed by atoms with E-state index in [9.17, 15) is 4.79 Å². The summed E-state index contributed by atoms with van der Waals surface area (Å²) in [4.78, 5) is 11.8. The summed E-state index contributed by atoms with van der Waals surface area (Å²) in [5.74, 6) is -0.0325. The fourth-order valence-electron chi connectivity index (χ4n) is 1.69. The number of anilines is 1. The number of carbonyl (C=O) groups is 1. The van der Waals surface area contributed by atoms with E-state index >= 15 is 0 Å². The molecule has 2 rings (SSSR count). The van der Waals surface area contributed by atoms with Crippen LogP contribution in [-0.2, 0) is 9.47 Å². The number of ether oxygens (including phenoxy) is 2. The second kappa shape index (κ2) is 5.51. The van der Waals surface area contributed by atoms with Gasteiger partial charge in [-0.2, -0.15) is 0 Å². The minimum atomic E-state index is -0.351. The zero-order valence-corrected chi connectivity index (χ0v) is 10.9. The van der Waals surface area contributed by atoms with Gasteiger partial charge in [-0.05, 0) is 40.5 Å². The van der Waals surface area contributed by atoms with Gasteiger partial charge in [-0.15, -0.1) is 0 Å². The first-order valence-corrected chi connectivity index (χ1v) is 6.26. The van der Waals surface area contributed by atoms with Crippen molar-refractivity contribution in [1.29, 1.82) is 0 Å².